The van der Waals surface area contributed by atoms with Gasteiger partial charge in [-0.25, -0.2) is 4.79 Å². The van der Waals surface area contributed by atoms with E-state index >= 15 is 0 Å². The monoisotopic (exact) mass is 783 g/mol. The number of carbonyl (C=O) groups is 2. The second-order valence-electron chi connectivity index (χ2n) is 14.5. The molecule has 1 aliphatic heterocycles. The van der Waals surface area contributed by atoms with Gasteiger partial charge in [0.05, 0.1) is 23.5 Å². The van der Waals surface area contributed by atoms with Crippen LogP contribution in [-0.2, 0) is 20.9 Å². The van der Waals surface area contributed by atoms with Gasteiger partial charge in [-0.3, -0.25) is 4.79 Å². The Morgan fingerprint density at radius 2 is 1.77 bits per heavy atom. The summed E-state index contributed by atoms with van der Waals surface area (Å²) < 4.78 is 20.1. The Bertz CT molecular complexity index is 1870. The molecule has 3 aliphatic rings. The van der Waals surface area contributed by atoms with Crippen LogP contribution in [0.4, 0.5) is 10.5 Å². The third-order valence-corrected chi connectivity index (χ3v) is 12.1. The van der Waals surface area contributed by atoms with Crippen molar-refractivity contribution in [3.63, 3.8) is 0 Å². The molecule has 1 saturated carbocycles. The normalized spacial score (nSPS) is 24.2. The number of aliphatic hydroxyl groups excluding tert-OH is 2. The first-order valence-electron chi connectivity index (χ1n) is 19.5. The smallest absolute Gasteiger partial charge is 0.412 e. The zero-order chi connectivity index (χ0) is 39.5. The minimum atomic E-state index is -1.17. The van der Waals surface area contributed by atoms with Crippen LogP contribution in [0.2, 0.25) is 0 Å². The maximum Gasteiger partial charge on any atom is 0.412 e. The zero-order valence-corrected chi connectivity index (χ0v) is 33.0. The number of amides is 2. The summed E-state index contributed by atoms with van der Waals surface area (Å²) in [5.74, 6) is -0.572. The number of anilines is 1. The van der Waals surface area contributed by atoms with E-state index in [0.29, 0.717) is 43.0 Å². The van der Waals surface area contributed by atoms with Gasteiger partial charge in [0.1, 0.15) is 18.6 Å². The van der Waals surface area contributed by atoms with E-state index in [2.05, 4.69) is 28.4 Å². The van der Waals surface area contributed by atoms with E-state index in [1.54, 1.807) is 31.0 Å². The number of rotatable bonds is 18. The van der Waals surface area contributed by atoms with E-state index < -0.39 is 11.9 Å². The highest BCUT2D eigenvalue weighted by atomic mass is 32.2. The predicted molar refractivity (Wildman–Crippen MR) is 218 cm³/mol. The number of aliphatic hydroxyl groups is 2. The van der Waals surface area contributed by atoms with Crippen molar-refractivity contribution in [2.24, 2.45) is 22.9 Å². The minimum absolute atomic E-state index is 0.0926. The number of hydrogen-bond donors (Lipinski definition) is 4. The fraction of sp³-hybridized carbons (Fsp3) is 0.432. The molecule has 2 aliphatic carbocycles. The van der Waals surface area contributed by atoms with E-state index in [1.165, 1.54) is 6.92 Å². The number of nitrogens with one attached hydrogen (secondary N) is 2. The average Bonchev–Trinajstić information content (AvgIpc) is 3.20. The summed E-state index contributed by atoms with van der Waals surface area (Å²) in [5, 5.41) is 29.6. The van der Waals surface area contributed by atoms with Gasteiger partial charge in [-0.1, -0.05) is 60.5 Å². The third kappa shape index (κ3) is 9.49. The van der Waals surface area contributed by atoms with Gasteiger partial charge in [0.15, 0.2) is 0 Å². The predicted octanol–water partition coefficient (Wildman–Crippen LogP) is 7.99. The molecule has 4 N–H and O–H groups in total. The lowest BCUT2D eigenvalue weighted by molar-refractivity contribution is -0.223. The number of benzene rings is 3. The van der Waals surface area contributed by atoms with Crippen LogP contribution in [0.1, 0.15) is 68.9 Å². The lowest BCUT2D eigenvalue weighted by Gasteiger charge is -2.58. The van der Waals surface area contributed by atoms with Crippen LogP contribution in [-0.4, -0.2) is 65.9 Å². The molecule has 1 heterocycles. The van der Waals surface area contributed by atoms with Gasteiger partial charge in [-0.15, -0.1) is 18.3 Å². The summed E-state index contributed by atoms with van der Waals surface area (Å²) in [4.78, 5) is 31.3. The van der Waals surface area contributed by atoms with Gasteiger partial charge < -0.3 is 39.9 Å². The Morgan fingerprint density at radius 1 is 1.02 bits per heavy atom. The van der Waals surface area contributed by atoms with Crippen LogP contribution in [0, 0.1) is 17.8 Å². The van der Waals surface area contributed by atoms with Crippen molar-refractivity contribution >= 4 is 35.2 Å². The standard InChI is InChI=1S/C44H53N3O8S/c1-4-24-53-44-40(56-34-19-16-32(17-20-34)46-29(2)50)27-38(47-52-3)36-25-31(14-8-10-22-48)35(15-9-11-23-49)41(42(36)44)37-26-33(18-21-39(37)55-44)54-43(51)45-28-30-12-6-5-7-13-30/h4-7,12-13,16-21,25-26,31,35,40-42,48-49H,1,8-11,14-15,22-24,27-28H2,2-3H3,(H,45,51)(H,46,50)/t31-,35+,40-,41+,42+,44+/m0/s1. The molecule has 0 bridgehead atoms. The summed E-state index contributed by atoms with van der Waals surface area (Å²) in [5.41, 5.74) is 4.39. The minimum Gasteiger partial charge on any atom is -0.460 e. The number of thioether (sulfide) groups is 1. The number of oxime groups is 1. The van der Waals surface area contributed by atoms with Crippen LogP contribution < -0.4 is 20.1 Å². The fourth-order valence-electron chi connectivity index (χ4n) is 8.50. The van der Waals surface area contributed by atoms with Gasteiger partial charge in [-0.2, -0.15) is 0 Å². The topological polar surface area (TPSA) is 148 Å². The molecule has 3 aromatic rings. The fourth-order valence-corrected chi connectivity index (χ4v) is 9.79. The van der Waals surface area contributed by atoms with Gasteiger partial charge >= 0.3 is 6.09 Å². The molecule has 298 valence electrons. The Kier molecular flexibility index (Phi) is 14.3. The van der Waals surface area contributed by atoms with Crippen LogP contribution in [0.3, 0.4) is 0 Å². The largest absolute Gasteiger partial charge is 0.460 e. The number of unbranched alkanes of at least 4 members (excludes halogenated alkanes) is 2. The molecular weight excluding hydrogens is 731 g/mol. The molecule has 0 unspecified atom stereocenters. The highest BCUT2D eigenvalue weighted by Gasteiger charge is 2.64. The Labute approximate surface area is 333 Å². The van der Waals surface area contributed by atoms with E-state index in [-0.39, 0.29) is 54.6 Å². The van der Waals surface area contributed by atoms with Gasteiger partial charge in [0, 0.05) is 55.2 Å². The van der Waals surface area contributed by atoms with E-state index in [4.69, 9.17) is 19.0 Å². The van der Waals surface area contributed by atoms with Gasteiger partial charge in [0.2, 0.25) is 11.7 Å². The van der Waals surface area contributed by atoms with Crippen LogP contribution in [0.25, 0.3) is 0 Å². The van der Waals surface area contributed by atoms with Crippen molar-refractivity contribution in [3.05, 3.63) is 108 Å². The Morgan fingerprint density at radius 3 is 2.46 bits per heavy atom. The number of ether oxygens (including phenoxy) is 3. The van der Waals surface area contributed by atoms with E-state index in [9.17, 15) is 19.8 Å². The van der Waals surface area contributed by atoms with Crippen LogP contribution in [0.15, 0.2) is 107 Å². The van der Waals surface area contributed by atoms with Crippen molar-refractivity contribution in [1.29, 1.82) is 0 Å². The number of fused-ring (bicyclic) bond motifs is 2. The molecule has 0 saturated heterocycles. The Hall–Kier alpha value is -4.62. The molecule has 2 amide bonds. The summed E-state index contributed by atoms with van der Waals surface area (Å²) in [6.07, 6.45) is 8.69. The van der Waals surface area contributed by atoms with E-state index in [1.807, 2.05) is 66.7 Å². The molecule has 11 nitrogen and oxygen atoms in total. The molecule has 3 aromatic carbocycles. The highest BCUT2D eigenvalue weighted by molar-refractivity contribution is 8.00. The van der Waals surface area contributed by atoms with Crippen molar-refractivity contribution in [2.45, 2.75) is 80.3 Å². The molecule has 0 aromatic heterocycles. The van der Waals surface area contributed by atoms with Gasteiger partial charge in [-0.05, 0) is 91.1 Å². The van der Waals surface area contributed by atoms with Crippen molar-refractivity contribution in [3.8, 4) is 11.5 Å². The quantitative estimate of drug-likeness (QED) is 0.0573. The summed E-state index contributed by atoms with van der Waals surface area (Å²) in [6.45, 7) is 6.26. The maximum absolute atomic E-state index is 13.1. The molecule has 0 spiro atoms. The van der Waals surface area contributed by atoms with Crippen LogP contribution >= 0.6 is 11.8 Å². The first kappa shape index (κ1) is 41.0. The lowest BCUT2D eigenvalue weighted by atomic mass is 9.56. The molecular formula is C44H53N3O8S. The van der Waals surface area contributed by atoms with Crippen molar-refractivity contribution in [1.82, 2.24) is 5.32 Å². The number of hydrogen-bond acceptors (Lipinski definition) is 10. The Balaban J connectivity index is 1.46. The SMILES string of the molecule is C=CCO[C@@]12Oc3ccc(OC(=O)NCc4ccccc4)cc3[C@H]3[C@H](CCCCO)[C@@H](CCCCO)C=C(C(=NOC)C[C@@H]1Sc1ccc(NC(C)=O)cc1)[C@H]32. The number of nitrogens with zero attached hydrogens (tertiary/aromatic N) is 1. The number of allylic oxidation sites excluding steroid dienone is 1. The second kappa shape index (κ2) is 19.5. The second-order valence-corrected chi connectivity index (χ2v) is 15.8. The molecule has 6 atom stereocenters. The summed E-state index contributed by atoms with van der Waals surface area (Å²) in [7, 11) is 1.56. The molecule has 56 heavy (non-hydrogen) atoms. The summed E-state index contributed by atoms with van der Waals surface area (Å²) >= 11 is 1.63. The molecule has 6 rings (SSSR count). The first-order chi connectivity index (χ1) is 27.3. The number of carbonyl (C=O) groups excluding carboxylic acids is 2. The first-order valence-corrected chi connectivity index (χ1v) is 20.3. The molecule has 1 fully saturated rings. The van der Waals surface area contributed by atoms with E-state index in [0.717, 1.165) is 53.0 Å². The van der Waals surface area contributed by atoms with Crippen LogP contribution in [0.5, 0.6) is 11.5 Å². The molecule has 0 radical (unpaired) electrons. The molecule has 12 heteroatoms. The lowest BCUT2D eigenvalue weighted by Crippen LogP contribution is -2.64. The van der Waals surface area contributed by atoms with Crippen molar-refractivity contribution < 1.29 is 38.9 Å². The zero-order valence-electron chi connectivity index (χ0n) is 32.2. The highest BCUT2D eigenvalue weighted by Crippen LogP contribution is 2.63. The summed E-state index contributed by atoms with van der Waals surface area (Å²) in [6, 6.07) is 22.9. The van der Waals surface area contributed by atoms with Crippen molar-refractivity contribution in [2.75, 3.05) is 32.2 Å². The third-order valence-electron chi connectivity index (χ3n) is 10.8. The maximum atomic E-state index is 13.1. The van der Waals surface area contributed by atoms with Gasteiger partial charge in [0.25, 0.3) is 0 Å². The average molecular weight is 784 g/mol.